The van der Waals surface area contributed by atoms with Gasteiger partial charge in [-0.1, -0.05) is 18.2 Å². The number of aromatic nitrogens is 1. The van der Waals surface area contributed by atoms with Crippen molar-refractivity contribution in [3.05, 3.63) is 72.7 Å². The summed E-state index contributed by atoms with van der Waals surface area (Å²) in [6.45, 7) is 3.57. The summed E-state index contributed by atoms with van der Waals surface area (Å²) in [5.41, 5.74) is 2.26. The molecule has 0 unspecified atom stereocenters. The lowest BCUT2D eigenvalue weighted by Gasteiger charge is -2.02. The Morgan fingerprint density at radius 1 is 1.20 bits per heavy atom. The first kappa shape index (κ1) is 14.7. The average Bonchev–Trinajstić information content (AvgIpc) is 2.37. The molecule has 0 spiro atoms. The maximum atomic E-state index is 12.1. The van der Waals surface area contributed by atoms with Gasteiger partial charge in [0, 0.05) is 9.26 Å². The number of allylic oxidation sites excluding steroid dienone is 1. The van der Waals surface area contributed by atoms with Gasteiger partial charge in [-0.2, -0.15) is 0 Å². The highest BCUT2D eigenvalue weighted by atomic mass is 127. The lowest BCUT2D eigenvalue weighted by molar-refractivity contribution is 0.104. The van der Waals surface area contributed by atoms with E-state index >= 15 is 0 Å². The van der Waals surface area contributed by atoms with Gasteiger partial charge in [-0.25, -0.2) is 0 Å². The molecule has 0 aliphatic heterocycles. The summed E-state index contributed by atoms with van der Waals surface area (Å²) < 4.78 is 1.14. The van der Waals surface area contributed by atoms with Crippen molar-refractivity contribution >= 4 is 34.5 Å². The molecule has 1 aromatic heterocycles. The summed E-state index contributed by atoms with van der Waals surface area (Å²) in [7, 11) is 0. The van der Waals surface area contributed by atoms with Crippen molar-refractivity contribution in [1.29, 1.82) is 0 Å². The molecule has 0 saturated heterocycles. The van der Waals surface area contributed by atoms with Gasteiger partial charge in [0.2, 0.25) is 0 Å². The first-order valence-corrected chi connectivity index (χ1v) is 7.24. The highest BCUT2D eigenvalue weighted by Crippen LogP contribution is 2.10. The zero-order chi connectivity index (χ0) is 14.7. The number of hydrogen-bond donors (Lipinski definition) is 1. The van der Waals surface area contributed by atoms with Gasteiger partial charge < -0.3 is 4.98 Å². The van der Waals surface area contributed by atoms with E-state index in [1.165, 1.54) is 6.08 Å². The van der Waals surface area contributed by atoms with Crippen LogP contribution in [0.2, 0.25) is 0 Å². The molecule has 1 heterocycles. The third-order valence-electron chi connectivity index (χ3n) is 2.91. The summed E-state index contributed by atoms with van der Waals surface area (Å²) in [6.07, 6.45) is 3.16. The topological polar surface area (TPSA) is 49.9 Å². The van der Waals surface area contributed by atoms with E-state index in [-0.39, 0.29) is 16.9 Å². The van der Waals surface area contributed by atoms with Gasteiger partial charge in [0.05, 0.1) is 5.56 Å². The molecule has 1 N–H and O–H groups in total. The number of aromatic amines is 1. The molecule has 0 atom stereocenters. The van der Waals surface area contributed by atoms with Gasteiger partial charge in [0.15, 0.2) is 5.78 Å². The highest BCUT2D eigenvalue weighted by molar-refractivity contribution is 14.1. The Hall–Kier alpha value is -1.69. The maximum Gasteiger partial charge on any atom is 0.259 e. The van der Waals surface area contributed by atoms with Gasteiger partial charge in [-0.3, -0.25) is 9.59 Å². The SMILES string of the molecule is Cc1cc(C)c(C(=O)C=Cc2ccc(I)cc2)c(=O)[nH]1. The average molecular weight is 379 g/mol. The number of aryl methyl sites for hydroxylation is 2. The molecule has 0 bridgehead atoms. The standard InChI is InChI=1S/C16H14INO2/c1-10-9-11(2)18-16(20)15(10)14(19)8-5-12-3-6-13(17)7-4-12/h3-9H,1-2H3,(H,18,20). The second-order valence-corrected chi connectivity index (χ2v) is 5.83. The smallest absolute Gasteiger partial charge is 0.259 e. The van der Waals surface area contributed by atoms with E-state index in [1.807, 2.05) is 24.3 Å². The number of rotatable bonds is 3. The van der Waals surface area contributed by atoms with Crippen molar-refractivity contribution < 1.29 is 4.79 Å². The fourth-order valence-corrected chi connectivity index (χ4v) is 2.35. The van der Waals surface area contributed by atoms with Crippen LogP contribution in [0.15, 0.2) is 41.2 Å². The number of carbonyl (C=O) groups is 1. The van der Waals surface area contributed by atoms with Crippen molar-refractivity contribution in [2.24, 2.45) is 0 Å². The molecule has 0 aliphatic rings. The number of nitrogens with one attached hydrogen (secondary N) is 1. The fraction of sp³-hybridized carbons (Fsp3) is 0.125. The Labute approximate surface area is 130 Å². The molecule has 0 aliphatic carbocycles. The lowest BCUT2D eigenvalue weighted by Crippen LogP contribution is -2.19. The van der Waals surface area contributed by atoms with E-state index in [2.05, 4.69) is 27.6 Å². The number of benzene rings is 1. The van der Waals surface area contributed by atoms with E-state index in [0.717, 1.165) is 14.8 Å². The normalized spacial score (nSPS) is 10.9. The Morgan fingerprint density at radius 3 is 2.45 bits per heavy atom. The summed E-state index contributed by atoms with van der Waals surface area (Å²) in [4.78, 5) is 26.6. The zero-order valence-electron chi connectivity index (χ0n) is 11.2. The van der Waals surface area contributed by atoms with Crippen LogP contribution in [0.25, 0.3) is 6.08 Å². The van der Waals surface area contributed by atoms with Crippen LogP contribution in [0, 0.1) is 17.4 Å². The molecule has 0 amide bonds. The van der Waals surface area contributed by atoms with Crippen LogP contribution in [-0.4, -0.2) is 10.8 Å². The number of H-pyrrole nitrogens is 1. The Bertz CT molecular complexity index is 727. The van der Waals surface area contributed by atoms with Gasteiger partial charge in [0.1, 0.15) is 0 Å². The Balaban J connectivity index is 2.29. The molecule has 2 aromatic rings. The first-order valence-electron chi connectivity index (χ1n) is 6.16. The van der Waals surface area contributed by atoms with Gasteiger partial charge >= 0.3 is 0 Å². The third kappa shape index (κ3) is 3.45. The van der Waals surface area contributed by atoms with E-state index in [1.54, 1.807) is 26.0 Å². The molecule has 0 fully saturated rings. The number of hydrogen-bond acceptors (Lipinski definition) is 2. The van der Waals surface area contributed by atoms with Crippen LogP contribution in [0.3, 0.4) is 0 Å². The minimum Gasteiger partial charge on any atom is -0.326 e. The molecule has 4 heteroatoms. The van der Waals surface area contributed by atoms with Crippen LogP contribution in [-0.2, 0) is 0 Å². The van der Waals surface area contributed by atoms with Crippen LogP contribution in [0.5, 0.6) is 0 Å². The molecule has 1 aromatic carbocycles. The monoisotopic (exact) mass is 379 g/mol. The number of carbonyl (C=O) groups excluding carboxylic acids is 1. The molecule has 2 rings (SSSR count). The molecule has 0 radical (unpaired) electrons. The van der Waals surface area contributed by atoms with Crippen LogP contribution < -0.4 is 5.56 Å². The van der Waals surface area contributed by atoms with Crippen molar-refractivity contribution in [3.63, 3.8) is 0 Å². The van der Waals surface area contributed by atoms with Crippen LogP contribution >= 0.6 is 22.6 Å². The molecule has 102 valence electrons. The van der Waals surface area contributed by atoms with Crippen LogP contribution in [0.4, 0.5) is 0 Å². The van der Waals surface area contributed by atoms with E-state index in [0.29, 0.717) is 5.56 Å². The number of pyridine rings is 1. The van der Waals surface area contributed by atoms with Gasteiger partial charge in [-0.05, 0) is 71.8 Å². The minimum absolute atomic E-state index is 0.206. The molecule has 0 saturated carbocycles. The predicted molar refractivity (Wildman–Crippen MR) is 89.1 cm³/mol. The van der Waals surface area contributed by atoms with E-state index in [4.69, 9.17) is 0 Å². The highest BCUT2D eigenvalue weighted by Gasteiger charge is 2.11. The maximum absolute atomic E-state index is 12.1. The van der Waals surface area contributed by atoms with Crippen molar-refractivity contribution in [2.75, 3.05) is 0 Å². The molecule has 3 nitrogen and oxygen atoms in total. The quantitative estimate of drug-likeness (QED) is 0.504. The lowest BCUT2D eigenvalue weighted by atomic mass is 10.1. The predicted octanol–water partition coefficient (Wildman–Crippen LogP) is 3.49. The second kappa shape index (κ2) is 6.17. The van der Waals surface area contributed by atoms with Gasteiger partial charge in [0.25, 0.3) is 5.56 Å². The Kier molecular flexibility index (Phi) is 4.54. The summed E-state index contributed by atoms with van der Waals surface area (Å²) in [5, 5.41) is 0. The third-order valence-corrected chi connectivity index (χ3v) is 3.63. The van der Waals surface area contributed by atoms with Crippen LogP contribution in [0.1, 0.15) is 27.2 Å². The van der Waals surface area contributed by atoms with Crippen molar-refractivity contribution in [3.8, 4) is 0 Å². The van der Waals surface area contributed by atoms with Gasteiger partial charge in [-0.15, -0.1) is 0 Å². The molecular weight excluding hydrogens is 365 g/mol. The first-order chi connectivity index (χ1) is 9.47. The minimum atomic E-state index is -0.334. The molecule has 20 heavy (non-hydrogen) atoms. The zero-order valence-corrected chi connectivity index (χ0v) is 13.4. The number of halogens is 1. The van der Waals surface area contributed by atoms with Crippen molar-refractivity contribution in [1.82, 2.24) is 4.98 Å². The largest absolute Gasteiger partial charge is 0.326 e. The summed E-state index contributed by atoms with van der Waals surface area (Å²) in [5.74, 6) is -0.276. The number of ketones is 1. The van der Waals surface area contributed by atoms with E-state index < -0.39 is 0 Å². The summed E-state index contributed by atoms with van der Waals surface area (Å²) in [6, 6.07) is 9.59. The Morgan fingerprint density at radius 2 is 1.85 bits per heavy atom. The van der Waals surface area contributed by atoms with Crippen molar-refractivity contribution in [2.45, 2.75) is 13.8 Å². The molecular formula is C16H14INO2. The second-order valence-electron chi connectivity index (χ2n) is 4.59. The fourth-order valence-electron chi connectivity index (χ4n) is 1.99. The summed E-state index contributed by atoms with van der Waals surface area (Å²) >= 11 is 2.22. The van der Waals surface area contributed by atoms with E-state index in [9.17, 15) is 9.59 Å².